The largest absolute Gasteiger partial charge is 0.381 e. The molecule has 0 amide bonds. The standard InChI is InChI=1S/C13H25NO/c1-2-3-4-5-6-9-14-12-13-7-10-15-11-8-13/h2,13-14H,1,3-12H2. The lowest BCUT2D eigenvalue weighted by atomic mass is 10.0. The summed E-state index contributed by atoms with van der Waals surface area (Å²) in [6, 6.07) is 0. The van der Waals surface area contributed by atoms with Crippen LogP contribution in [0.5, 0.6) is 0 Å². The molecule has 0 atom stereocenters. The zero-order chi connectivity index (χ0) is 10.8. The monoisotopic (exact) mass is 211 g/mol. The molecule has 0 aromatic carbocycles. The van der Waals surface area contributed by atoms with Crippen molar-refractivity contribution in [3.63, 3.8) is 0 Å². The van der Waals surface area contributed by atoms with Crippen molar-refractivity contribution in [3.8, 4) is 0 Å². The van der Waals surface area contributed by atoms with Crippen LogP contribution in [0.15, 0.2) is 12.7 Å². The van der Waals surface area contributed by atoms with Crippen LogP contribution >= 0.6 is 0 Å². The van der Waals surface area contributed by atoms with Crippen LogP contribution in [0.2, 0.25) is 0 Å². The molecule has 0 aromatic heterocycles. The van der Waals surface area contributed by atoms with Gasteiger partial charge < -0.3 is 10.1 Å². The van der Waals surface area contributed by atoms with E-state index in [1.54, 1.807) is 0 Å². The van der Waals surface area contributed by atoms with Gasteiger partial charge in [0, 0.05) is 13.2 Å². The van der Waals surface area contributed by atoms with Gasteiger partial charge in [-0.2, -0.15) is 0 Å². The summed E-state index contributed by atoms with van der Waals surface area (Å²) in [5, 5.41) is 3.55. The van der Waals surface area contributed by atoms with E-state index < -0.39 is 0 Å². The van der Waals surface area contributed by atoms with E-state index in [2.05, 4.69) is 11.9 Å². The van der Waals surface area contributed by atoms with Crippen LogP contribution in [0, 0.1) is 5.92 Å². The van der Waals surface area contributed by atoms with E-state index in [4.69, 9.17) is 4.74 Å². The Morgan fingerprint density at radius 1 is 1.20 bits per heavy atom. The summed E-state index contributed by atoms with van der Waals surface area (Å²) in [7, 11) is 0. The lowest BCUT2D eigenvalue weighted by molar-refractivity contribution is 0.0663. The van der Waals surface area contributed by atoms with Crippen molar-refractivity contribution in [2.45, 2.75) is 38.5 Å². The number of hydrogen-bond donors (Lipinski definition) is 1. The number of rotatable bonds is 8. The van der Waals surface area contributed by atoms with Crippen LogP contribution in [-0.2, 0) is 4.74 Å². The van der Waals surface area contributed by atoms with Gasteiger partial charge in [0.2, 0.25) is 0 Å². The minimum Gasteiger partial charge on any atom is -0.381 e. The number of allylic oxidation sites excluding steroid dienone is 1. The average Bonchev–Trinajstić information content (AvgIpc) is 2.29. The maximum Gasteiger partial charge on any atom is 0.0469 e. The molecule has 0 saturated carbocycles. The van der Waals surface area contributed by atoms with Gasteiger partial charge in [0.05, 0.1) is 0 Å². The van der Waals surface area contributed by atoms with E-state index in [0.29, 0.717) is 0 Å². The van der Waals surface area contributed by atoms with E-state index in [-0.39, 0.29) is 0 Å². The average molecular weight is 211 g/mol. The quantitative estimate of drug-likeness (QED) is 0.492. The molecule has 1 rings (SSSR count). The Morgan fingerprint density at radius 3 is 2.73 bits per heavy atom. The van der Waals surface area contributed by atoms with Gasteiger partial charge in [0.15, 0.2) is 0 Å². The molecular weight excluding hydrogens is 186 g/mol. The van der Waals surface area contributed by atoms with Crippen molar-refractivity contribution >= 4 is 0 Å². The Morgan fingerprint density at radius 2 is 2.00 bits per heavy atom. The molecule has 2 nitrogen and oxygen atoms in total. The molecule has 2 heteroatoms. The Hall–Kier alpha value is -0.340. The summed E-state index contributed by atoms with van der Waals surface area (Å²) in [6.07, 6.45) is 9.58. The maximum atomic E-state index is 5.33. The number of unbranched alkanes of at least 4 members (excludes halogenated alkanes) is 3. The lowest BCUT2D eigenvalue weighted by Gasteiger charge is -2.22. The first kappa shape index (κ1) is 12.7. The molecule has 0 radical (unpaired) electrons. The molecule has 15 heavy (non-hydrogen) atoms. The number of hydrogen-bond acceptors (Lipinski definition) is 2. The fourth-order valence-corrected chi connectivity index (χ4v) is 1.97. The van der Waals surface area contributed by atoms with Crippen molar-refractivity contribution in [1.82, 2.24) is 5.32 Å². The minimum absolute atomic E-state index is 0.854. The van der Waals surface area contributed by atoms with Gasteiger partial charge in [0.1, 0.15) is 0 Å². The molecule has 1 fully saturated rings. The predicted octanol–water partition coefficient (Wildman–Crippen LogP) is 2.75. The zero-order valence-corrected chi connectivity index (χ0v) is 9.84. The van der Waals surface area contributed by atoms with E-state index in [1.165, 1.54) is 51.6 Å². The predicted molar refractivity (Wildman–Crippen MR) is 65.1 cm³/mol. The van der Waals surface area contributed by atoms with Crippen molar-refractivity contribution in [2.75, 3.05) is 26.3 Å². The van der Waals surface area contributed by atoms with E-state index in [0.717, 1.165) is 19.1 Å². The fraction of sp³-hybridized carbons (Fsp3) is 0.846. The van der Waals surface area contributed by atoms with Crippen molar-refractivity contribution in [3.05, 3.63) is 12.7 Å². The molecule has 1 saturated heterocycles. The lowest BCUT2D eigenvalue weighted by Crippen LogP contribution is -2.28. The molecule has 0 unspecified atom stereocenters. The molecule has 0 bridgehead atoms. The SMILES string of the molecule is C=CCCCCCNCC1CCOCC1. The summed E-state index contributed by atoms with van der Waals surface area (Å²) in [5.41, 5.74) is 0. The number of nitrogens with one attached hydrogen (secondary N) is 1. The smallest absolute Gasteiger partial charge is 0.0469 e. The first-order valence-corrected chi connectivity index (χ1v) is 6.33. The van der Waals surface area contributed by atoms with Crippen LogP contribution in [0.4, 0.5) is 0 Å². The van der Waals surface area contributed by atoms with E-state index in [9.17, 15) is 0 Å². The summed E-state index contributed by atoms with van der Waals surface area (Å²) in [4.78, 5) is 0. The molecule has 0 aliphatic carbocycles. The van der Waals surface area contributed by atoms with Crippen LogP contribution < -0.4 is 5.32 Å². The van der Waals surface area contributed by atoms with Crippen molar-refractivity contribution < 1.29 is 4.74 Å². The molecule has 1 aliphatic rings. The summed E-state index contributed by atoms with van der Waals surface area (Å²) >= 11 is 0. The second-order valence-corrected chi connectivity index (χ2v) is 4.40. The number of ether oxygens (including phenoxy) is 1. The maximum absolute atomic E-state index is 5.33. The first-order chi connectivity index (χ1) is 7.43. The van der Waals surface area contributed by atoms with Gasteiger partial charge in [0.25, 0.3) is 0 Å². The third-order valence-corrected chi connectivity index (χ3v) is 3.04. The van der Waals surface area contributed by atoms with Crippen LogP contribution in [0.3, 0.4) is 0 Å². The third kappa shape index (κ3) is 6.69. The molecule has 1 aliphatic heterocycles. The highest BCUT2D eigenvalue weighted by atomic mass is 16.5. The molecule has 0 aromatic rings. The summed E-state index contributed by atoms with van der Waals surface area (Å²) in [5.74, 6) is 0.854. The Balaban J connectivity index is 1.81. The fourth-order valence-electron chi connectivity index (χ4n) is 1.97. The van der Waals surface area contributed by atoms with Crippen LogP contribution in [-0.4, -0.2) is 26.3 Å². The molecule has 0 spiro atoms. The topological polar surface area (TPSA) is 21.3 Å². The van der Waals surface area contributed by atoms with Gasteiger partial charge in [-0.05, 0) is 51.1 Å². The van der Waals surface area contributed by atoms with E-state index in [1.807, 2.05) is 6.08 Å². The first-order valence-electron chi connectivity index (χ1n) is 6.33. The van der Waals surface area contributed by atoms with Crippen molar-refractivity contribution in [1.29, 1.82) is 0 Å². The molecule has 1 N–H and O–H groups in total. The van der Waals surface area contributed by atoms with Gasteiger partial charge >= 0.3 is 0 Å². The second kappa shape index (κ2) is 8.93. The second-order valence-electron chi connectivity index (χ2n) is 4.40. The van der Waals surface area contributed by atoms with Crippen molar-refractivity contribution in [2.24, 2.45) is 5.92 Å². The molecular formula is C13H25NO. The Kier molecular flexibility index (Phi) is 7.58. The van der Waals surface area contributed by atoms with Crippen LogP contribution in [0.1, 0.15) is 38.5 Å². The van der Waals surface area contributed by atoms with Gasteiger partial charge in [-0.3, -0.25) is 0 Å². The normalized spacial score (nSPS) is 17.9. The Labute approximate surface area is 94.1 Å². The molecule has 88 valence electrons. The highest BCUT2D eigenvalue weighted by Gasteiger charge is 2.12. The van der Waals surface area contributed by atoms with Crippen LogP contribution in [0.25, 0.3) is 0 Å². The van der Waals surface area contributed by atoms with E-state index >= 15 is 0 Å². The molecule has 1 heterocycles. The summed E-state index contributed by atoms with van der Waals surface area (Å²) < 4.78 is 5.33. The highest BCUT2D eigenvalue weighted by Crippen LogP contribution is 2.13. The minimum atomic E-state index is 0.854. The highest BCUT2D eigenvalue weighted by molar-refractivity contribution is 4.67. The Bertz CT molecular complexity index is 153. The van der Waals surface area contributed by atoms with Gasteiger partial charge in [-0.15, -0.1) is 6.58 Å². The third-order valence-electron chi connectivity index (χ3n) is 3.04. The summed E-state index contributed by atoms with van der Waals surface area (Å²) in [6.45, 7) is 8.02. The van der Waals surface area contributed by atoms with Gasteiger partial charge in [-0.25, -0.2) is 0 Å². The van der Waals surface area contributed by atoms with Gasteiger partial charge in [-0.1, -0.05) is 12.5 Å². The zero-order valence-electron chi connectivity index (χ0n) is 9.84.